The molecule has 2 heterocycles. The van der Waals surface area contributed by atoms with Gasteiger partial charge in [-0.05, 0) is 30.4 Å². The van der Waals surface area contributed by atoms with E-state index in [4.69, 9.17) is 16.3 Å². The number of likely N-dealkylation sites (N-methyl/N-ethyl adjacent to an activating group) is 1. The monoisotopic (exact) mass is 539 g/mol. The molecule has 0 unspecified atom stereocenters. The van der Waals surface area contributed by atoms with E-state index in [1.54, 1.807) is 22.6 Å². The lowest BCUT2D eigenvalue weighted by atomic mass is 9.67. The third kappa shape index (κ3) is 4.56. The molecule has 1 aromatic heterocycles. The Hall–Kier alpha value is -3.69. The van der Waals surface area contributed by atoms with Crippen LogP contribution in [0.2, 0.25) is 5.02 Å². The number of carbonyl (C=O) groups is 2. The van der Waals surface area contributed by atoms with Crippen LogP contribution in [0.15, 0.2) is 59.5 Å². The van der Waals surface area contributed by atoms with Gasteiger partial charge in [0.2, 0.25) is 5.43 Å². The first-order valence-electron chi connectivity index (χ1n) is 12.3. The molecule has 10 heteroatoms. The van der Waals surface area contributed by atoms with Crippen molar-refractivity contribution in [3.05, 3.63) is 98.2 Å². The molecule has 5 rings (SSSR count). The number of rotatable bonds is 7. The number of hydrogen-bond donors (Lipinski definition) is 2. The third-order valence-corrected chi connectivity index (χ3v) is 7.59. The van der Waals surface area contributed by atoms with Gasteiger partial charge in [0.1, 0.15) is 18.0 Å². The number of aromatic nitrogens is 1. The molecular formula is C28H27ClFN3O5. The van der Waals surface area contributed by atoms with Gasteiger partial charge >= 0.3 is 0 Å². The molecule has 1 aliphatic carbocycles. The summed E-state index contributed by atoms with van der Waals surface area (Å²) < 4.78 is 22.0. The normalized spacial score (nSPS) is 20.2. The number of carbonyl (C=O) groups excluding carboxylic acids is 2. The van der Waals surface area contributed by atoms with Gasteiger partial charge in [-0.2, -0.15) is 0 Å². The first-order chi connectivity index (χ1) is 18.2. The fourth-order valence-electron chi connectivity index (χ4n) is 5.39. The maximum atomic E-state index is 14.4. The van der Waals surface area contributed by atoms with Crippen LogP contribution in [-0.4, -0.2) is 46.6 Å². The molecule has 2 amide bonds. The number of nitrogens with one attached hydrogen (secondary N) is 1. The molecule has 198 valence electrons. The van der Waals surface area contributed by atoms with Crippen molar-refractivity contribution in [1.82, 2.24) is 14.8 Å². The lowest BCUT2D eigenvalue weighted by molar-refractivity contribution is -0.0105. The molecule has 1 aliphatic heterocycles. The zero-order valence-corrected chi connectivity index (χ0v) is 21.5. The standard InChI is InChI=1S/C28H27ClFN3O5/c1-32-16-28(10-18(11-28)14-34)33-13-20(26(36)31-12-19-8-5-9-21(29)22(19)30)24(35)25(23(33)27(32)37)38-15-17-6-3-2-4-7-17/h2-9,13,18,34H,10-12,14-16H2,1H3,(H,31,36). The van der Waals surface area contributed by atoms with E-state index in [1.165, 1.54) is 18.3 Å². The Morgan fingerprint density at radius 1 is 1.18 bits per heavy atom. The topological polar surface area (TPSA) is 101 Å². The lowest BCUT2D eigenvalue weighted by Gasteiger charge is -2.53. The molecule has 3 aromatic rings. The molecule has 38 heavy (non-hydrogen) atoms. The second kappa shape index (κ2) is 10.2. The maximum Gasteiger partial charge on any atom is 0.274 e. The zero-order chi connectivity index (χ0) is 27.0. The molecule has 1 spiro atoms. The van der Waals surface area contributed by atoms with Crippen LogP contribution in [0.3, 0.4) is 0 Å². The number of fused-ring (bicyclic) bond motifs is 2. The van der Waals surface area contributed by atoms with Gasteiger partial charge in [-0.15, -0.1) is 0 Å². The van der Waals surface area contributed by atoms with Crippen molar-refractivity contribution in [2.45, 2.75) is 31.5 Å². The van der Waals surface area contributed by atoms with Crippen LogP contribution in [-0.2, 0) is 18.7 Å². The third-order valence-electron chi connectivity index (χ3n) is 7.29. The largest absolute Gasteiger partial charge is 0.483 e. The summed E-state index contributed by atoms with van der Waals surface area (Å²) in [5.74, 6) is -1.94. The molecule has 0 atom stereocenters. The average molecular weight is 540 g/mol. The minimum Gasteiger partial charge on any atom is -0.483 e. The van der Waals surface area contributed by atoms with Crippen LogP contribution < -0.4 is 15.5 Å². The van der Waals surface area contributed by atoms with Gasteiger partial charge in [-0.25, -0.2) is 4.39 Å². The number of amides is 2. The Morgan fingerprint density at radius 3 is 2.63 bits per heavy atom. The molecule has 2 aromatic carbocycles. The summed E-state index contributed by atoms with van der Waals surface area (Å²) in [4.78, 5) is 41.7. The number of pyridine rings is 1. The molecule has 0 radical (unpaired) electrons. The second-order valence-electron chi connectivity index (χ2n) is 9.93. The number of halogens is 2. The van der Waals surface area contributed by atoms with Crippen LogP contribution in [0.1, 0.15) is 44.8 Å². The molecule has 1 fully saturated rings. The summed E-state index contributed by atoms with van der Waals surface area (Å²) in [7, 11) is 1.66. The lowest BCUT2D eigenvalue weighted by Crippen LogP contribution is -2.60. The zero-order valence-electron chi connectivity index (χ0n) is 20.7. The Balaban J connectivity index is 1.56. The van der Waals surface area contributed by atoms with E-state index in [-0.39, 0.29) is 53.3 Å². The number of aliphatic hydroxyl groups excluding tert-OH is 1. The number of benzene rings is 2. The fraction of sp³-hybridized carbons (Fsp3) is 0.321. The first kappa shape index (κ1) is 25.9. The van der Waals surface area contributed by atoms with Crippen LogP contribution >= 0.6 is 11.6 Å². The first-order valence-corrected chi connectivity index (χ1v) is 12.7. The predicted molar refractivity (Wildman–Crippen MR) is 139 cm³/mol. The van der Waals surface area contributed by atoms with Crippen LogP contribution in [0.5, 0.6) is 5.75 Å². The van der Waals surface area contributed by atoms with Crippen LogP contribution in [0.25, 0.3) is 0 Å². The van der Waals surface area contributed by atoms with Gasteiger partial charge in [0.05, 0.1) is 10.6 Å². The smallest absolute Gasteiger partial charge is 0.274 e. The number of hydrogen-bond acceptors (Lipinski definition) is 5. The molecule has 1 saturated carbocycles. The van der Waals surface area contributed by atoms with E-state index in [0.29, 0.717) is 19.4 Å². The molecule has 2 N–H and O–H groups in total. The van der Waals surface area contributed by atoms with Crippen molar-refractivity contribution in [2.75, 3.05) is 20.2 Å². The van der Waals surface area contributed by atoms with E-state index in [2.05, 4.69) is 5.32 Å². The highest BCUT2D eigenvalue weighted by Crippen LogP contribution is 2.47. The number of ether oxygens (including phenoxy) is 1. The minimum atomic E-state index is -0.729. The van der Waals surface area contributed by atoms with E-state index in [0.717, 1.165) is 5.56 Å². The summed E-state index contributed by atoms with van der Waals surface area (Å²) >= 11 is 5.85. The number of nitrogens with zero attached hydrogens (tertiary/aromatic N) is 2. The van der Waals surface area contributed by atoms with Gasteiger partial charge in [0, 0.05) is 38.5 Å². The van der Waals surface area contributed by atoms with Gasteiger partial charge in [0.25, 0.3) is 11.8 Å². The van der Waals surface area contributed by atoms with Crippen LogP contribution in [0, 0.1) is 11.7 Å². The van der Waals surface area contributed by atoms with E-state index in [9.17, 15) is 23.9 Å². The molecule has 8 nitrogen and oxygen atoms in total. The quantitative estimate of drug-likeness (QED) is 0.480. The summed E-state index contributed by atoms with van der Waals surface area (Å²) in [5, 5.41) is 12.2. The highest BCUT2D eigenvalue weighted by Gasteiger charge is 2.51. The molecule has 2 aliphatic rings. The SMILES string of the molecule is CN1CC2(CC(CO)C2)n2cc(C(=O)NCc3cccc(Cl)c3F)c(=O)c(OCc3ccccc3)c2C1=O. The summed E-state index contributed by atoms with van der Waals surface area (Å²) in [6, 6.07) is 13.6. The van der Waals surface area contributed by atoms with Crippen LogP contribution in [0.4, 0.5) is 4.39 Å². The Labute approximate surface area is 223 Å². The fourth-order valence-corrected chi connectivity index (χ4v) is 5.58. The molecule has 0 saturated heterocycles. The maximum absolute atomic E-state index is 14.4. The van der Waals surface area contributed by atoms with E-state index in [1.807, 2.05) is 30.3 Å². The van der Waals surface area contributed by atoms with E-state index >= 15 is 0 Å². The van der Waals surface area contributed by atoms with Crippen molar-refractivity contribution in [2.24, 2.45) is 5.92 Å². The van der Waals surface area contributed by atoms with Crippen molar-refractivity contribution in [3.8, 4) is 5.75 Å². The summed E-state index contributed by atoms with van der Waals surface area (Å²) in [6.07, 6.45) is 2.54. The van der Waals surface area contributed by atoms with Gasteiger partial charge in [0.15, 0.2) is 11.4 Å². The van der Waals surface area contributed by atoms with Gasteiger partial charge in [-0.3, -0.25) is 14.4 Å². The minimum absolute atomic E-state index is 0.00481. The van der Waals surface area contributed by atoms with Gasteiger partial charge < -0.3 is 24.6 Å². The summed E-state index contributed by atoms with van der Waals surface area (Å²) in [6.45, 7) is 0.202. The molecular weight excluding hydrogens is 513 g/mol. The Bertz CT molecular complexity index is 1450. The van der Waals surface area contributed by atoms with Crippen molar-refractivity contribution >= 4 is 23.4 Å². The average Bonchev–Trinajstić information content (AvgIpc) is 2.89. The van der Waals surface area contributed by atoms with Crippen molar-refractivity contribution in [3.63, 3.8) is 0 Å². The predicted octanol–water partition coefficient (Wildman–Crippen LogP) is 3.33. The Morgan fingerprint density at radius 2 is 1.92 bits per heavy atom. The summed E-state index contributed by atoms with van der Waals surface area (Å²) in [5.41, 5.74) is -0.502. The van der Waals surface area contributed by atoms with E-state index < -0.39 is 28.6 Å². The van der Waals surface area contributed by atoms with Crippen molar-refractivity contribution < 1.29 is 23.8 Å². The van der Waals surface area contributed by atoms with Gasteiger partial charge in [-0.1, -0.05) is 54.1 Å². The molecule has 0 bridgehead atoms. The highest BCUT2D eigenvalue weighted by molar-refractivity contribution is 6.30. The number of aliphatic hydroxyl groups is 1. The second-order valence-corrected chi connectivity index (χ2v) is 10.3. The highest BCUT2D eigenvalue weighted by atomic mass is 35.5. The Kier molecular flexibility index (Phi) is 6.98. The van der Waals surface area contributed by atoms with Crippen molar-refractivity contribution in [1.29, 1.82) is 0 Å².